The Balaban J connectivity index is 1.93. The molecule has 0 radical (unpaired) electrons. The van der Waals surface area contributed by atoms with E-state index in [0.717, 1.165) is 9.87 Å². The lowest BCUT2D eigenvalue weighted by Gasteiger charge is -2.27. The molecule has 8 nitrogen and oxygen atoms in total. The van der Waals surface area contributed by atoms with Gasteiger partial charge in [-0.15, -0.1) is 0 Å². The topological polar surface area (TPSA) is 94.2 Å². The second kappa shape index (κ2) is 11.6. The van der Waals surface area contributed by atoms with Gasteiger partial charge in [-0.3, -0.25) is 9.10 Å². The van der Waals surface area contributed by atoms with Crippen LogP contribution in [0.3, 0.4) is 0 Å². The van der Waals surface area contributed by atoms with Crippen LogP contribution in [-0.4, -0.2) is 42.2 Å². The van der Waals surface area contributed by atoms with Crippen LogP contribution in [-0.2, 0) is 14.8 Å². The summed E-state index contributed by atoms with van der Waals surface area (Å²) in [6, 6.07) is 19.8. The van der Waals surface area contributed by atoms with Crippen LogP contribution in [0.4, 0.5) is 5.69 Å². The third-order valence-electron chi connectivity index (χ3n) is 5.55. The van der Waals surface area contributed by atoms with Crippen LogP contribution < -0.4 is 23.8 Å². The van der Waals surface area contributed by atoms with Gasteiger partial charge < -0.3 is 19.5 Å². The zero-order valence-corrected chi connectivity index (χ0v) is 21.0. The third kappa shape index (κ3) is 6.05. The highest BCUT2D eigenvalue weighted by Gasteiger charge is 2.30. The largest absolute Gasteiger partial charge is 0.497 e. The smallest absolute Gasteiger partial charge is 0.264 e. The van der Waals surface area contributed by atoms with Crippen molar-refractivity contribution in [3.8, 4) is 17.2 Å². The number of amides is 1. The molecule has 9 heteroatoms. The monoisotopic (exact) mass is 498 g/mol. The van der Waals surface area contributed by atoms with E-state index in [1.54, 1.807) is 43.5 Å². The van der Waals surface area contributed by atoms with E-state index in [-0.39, 0.29) is 16.6 Å². The van der Waals surface area contributed by atoms with E-state index >= 15 is 0 Å². The fourth-order valence-corrected chi connectivity index (χ4v) is 5.07. The molecule has 1 N–H and O–H groups in total. The molecule has 0 saturated heterocycles. The Labute approximate surface area is 206 Å². The molecule has 3 aromatic carbocycles. The summed E-state index contributed by atoms with van der Waals surface area (Å²) in [6.07, 6.45) is 0.623. The van der Waals surface area contributed by atoms with E-state index in [1.807, 2.05) is 31.2 Å². The molecule has 1 amide bonds. The summed E-state index contributed by atoms with van der Waals surface area (Å²) >= 11 is 0. The van der Waals surface area contributed by atoms with Gasteiger partial charge in [-0.05, 0) is 60.5 Å². The van der Waals surface area contributed by atoms with Gasteiger partial charge in [0.05, 0.1) is 38.0 Å². The van der Waals surface area contributed by atoms with Crippen LogP contribution in [0.1, 0.15) is 24.9 Å². The molecule has 186 valence electrons. The van der Waals surface area contributed by atoms with Crippen LogP contribution in [0.5, 0.6) is 17.2 Å². The van der Waals surface area contributed by atoms with Gasteiger partial charge in [0.15, 0.2) is 0 Å². The van der Waals surface area contributed by atoms with E-state index in [2.05, 4.69) is 5.32 Å². The number of rotatable bonds is 11. The quantitative estimate of drug-likeness (QED) is 0.426. The second-order valence-electron chi connectivity index (χ2n) is 7.66. The number of benzene rings is 3. The Morgan fingerprint density at radius 2 is 1.43 bits per heavy atom. The maximum Gasteiger partial charge on any atom is 0.264 e. The Morgan fingerprint density at radius 3 is 1.97 bits per heavy atom. The number of nitrogens with zero attached hydrogens (tertiary/aromatic N) is 1. The predicted octanol–water partition coefficient (Wildman–Crippen LogP) is 4.18. The highest BCUT2D eigenvalue weighted by atomic mass is 32.2. The van der Waals surface area contributed by atoms with Crippen LogP contribution in [0.25, 0.3) is 0 Å². The first-order valence-electron chi connectivity index (χ1n) is 11.1. The summed E-state index contributed by atoms with van der Waals surface area (Å²) in [5.74, 6) is 1.12. The Kier molecular flexibility index (Phi) is 8.59. The molecule has 0 bridgehead atoms. The van der Waals surface area contributed by atoms with Gasteiger partial charge in [-0.25, -0.2) is 8.42 Å². The number of para-hydroxylation sites is 2. The highest BCUT2D eigenvalue weighted by molar-refractivity contribution is 7.92. The first-order chi connectivity index (χ1) is 16.8. The zero-order chi connectivity index (χ0) is 25.4. The molecule has 0 aliphatic heterocycles. The number of nitrogens with one attached hydrogen (secondary N) is 1. The third-order valence-corrected chi connectivity index (χ3v) is 7.32. The number of methoxy groups -OCH3 is 3. The Hall–Kier alpha value is -3.72. The van der Waals surface area contributed by atoms with Crippen molar-refractivity contribution in [2.24, 2.45) is 0 Å². The summed E-state index contributed by atoms with van der Waals surface area (Å²) in [5, 5.41) is 2.95. The lowest BCUT2D eigenvalue weighted by Crippen LogP contribution is -2.42. The maximum absolute atomic E-state index is 13.7. The lowest BCUT2D eigenvalue weighted by molar-refractivity contribution is -0.120. The summed E-state index contributed by atoms with van der Waals surface area (Å²) in [4.78, 5) is 13.2. The molecular formula is C26H30N2O6S. The molecule has 35 heavy (non-hydrogen) atoms. The number of carbonyl (C=O) groups excluding carboxylic acids is 1. The predicted molar refractivity (Wildman–Crippen MR) is 135 cm³/mol. The van der Waals surface area contributed by atoms with Crippen LogP contribution in [0.15, 0.2) is 77.7 Å². The minimum Gasteiger partial charge on any atom is -0.497 e. The highest BCUT2D eigenvalue weighted by Crippen LogP contribution is 2.32. The molecule has 0 aliphatic rings. The number of hydrogen-bond acceptors (Lipinski definition) is 6. The van der Waals surface area contributed by atoms with Gasteiger partial charge in [0, 0.05) is 0 Å². The minimum atomic E-state index is -4.10. The first kappa shape index (κ1) is 25.9. The lowest BCUT2D eigenvalue weighted by atomic mass is 10.0. The normalized spacial score (nSPS) is 11.9. The van der Waals surface area contributed by atoms with Gasteiger partial charge in [0.1, 0.15) is 23.8 Å². The molecule has 0 saturated carbocycles. The zero-order valence-electron chi connectivity index (χ0n) is 20.2. The Morgan fingerprint density at radius 1 is 0.857 bits per heavy atom. The Bertz CT molecular complexity index is 1230. The van der Waals surface area contributed by atoms with Crippen molar-refractivity contribution in [1.29, 1.82) is 0 Å². The molecule has 0 spiro atoms. The second-order valence-corrected chi connectivity index (χ2v) is 9.52. The van der Waals surface area contributed by atoms with Crippen molar-refractivity contribution in [1.82, 2.24) is 5.32 Å². The van der Waals surface area contributed by atoms with E-state index < -0.39 is 22.5 Å². The van der Waals surface area contributed by atoms with E-state index in [4.69, 9.17) is 14.2 Å². The van der Waals surface area contributed by atoms with Gasteiger partial charge in [-0.1, -0.05) is 31.2 Å². The van der Waals surface area contributed by atoms with Gasteiger partial charge >= 0.3 is 0 Å². The molecular weight excluding hydrogens is 468 g/mol. The number of ether oxygens (including phenoxy) is 3. The summed E-state index contributed by atoms with van der Waals surface area (Å²) < 4.78 is 44.1. The van der Waals surface area contributed by atoms with Crippen molar-refractivity contribution in [2.75, 3.05) is 32.2 Å². The van der Waals surface area contributed by atoms with E-state index in [9.17, 15) is 13.2 Å². The van der Waals surface area contributed by atoms with Gasteiger partial charge in [0.25, 0.3) is 10.0 Å². The molecule has 3 rings (SSSR count). The minimum absolute atomic E-state index is 0.0270. The van der Waals surface area contributed by atoms with Crippen molar-refractivity contribution in [3.05, 3.63) is 78.4 Å². The van der Waals surface area contributed by atoms with Crippen LogP contribution in [0, 0.1) is 0 Å². The molecule has 0 fully saturated rings. The average Bonchev–Trinajstić information content (AvgIpc) is 2.90. The van der Waals surface area contributed by atoms with E-state index in [0.29, 0.717) is 23.7 Å². The van der Waals surface area contributed by atoms with Crippen molar-refractivity contribution in [2.45, 2.75) is 24.3 Å². The van der Waals surface area contributed by atoms with Gasteiger partial charge in [0.2, 0.25) is 5.91 Å². The first-order valence-corrected chi connectivity index (χ1v) is 12.5. The number of hydrogen-bond donors (Lipinski definition) is 1. The molecule has 0 heterocycles. The maximum atomic E-state index is 13.7. The number of sulfonamides is 1. The van der Waals surface area contributed by atoms with Crippen molar-refractivity contribution < 1.29 is 27.4 Å². The van der Waals surface area contributed by atoms with Crippen molar-refractivity contribution in [3.63, 3.8) is 0 Å². The summed E-state index contributed by atoms with van der Waals surface area (Å²) in [6.45, 7) is 1.52. The fourth-order valence-electron chi connectivity index (χ4n) is 3.64. The molecule has 0 aliphatic carbocycles. The number of carbonyl (C=O) groups is 1. The molecule has 0 aromatic heterocycles. The fraction of sp³-hybridized carbons (Fsp3) is 0.269. The SMILES string of the molecule is CC[C@H](NC(=O)CN(c1ccccc1OC)S(=O)(=O)c1ccc(OC)cc1)c1ccc(OC)cc1. The van der Waals surface area contributed by atoms with Crippen LogP contribution in [0.2, 0.25) is 0 Å². The standard InChI is InChI=1S/C26H30N2O6S/c1-5-23(19-10-12-20(32-2)13-11-19)27-26(29)18-28(24-8-6-7-9-25(24)34-4)35(30,31)22-16-14-21(33-3)15-17-22/h6-17,23H,5,18H2,1-4H3,(H,27,29)/t23-/m0/s1. The summed E-state index contributed by atoms with van der Waals surface area (Å²) in [7, 11) is 0.439. The average molecular weight is 499 g/mol. The molecule has 0 unspecified atom stereocenters. The summed E-state index contributed by atoms with van der Waals surface area (Å²) in [5.41, 5.74) is 1.15. The molecule has 3 aromatic rings. The van der Waals surface area contributed by atoms with Crippen molar-refractivity contribution >= 4 is 21.6 Å². The van der Waals surface area contributed by atoms with Gasteiger partial charge in [-0.2, -0.15) is 0 Å². The molecule has 1 atom stereocenters. The van der Waals surface area contributed by atoms with E-state index in [1.165, 1.54) is 26.4 Å². The number of anilines is 1. The van der Waals surface area contributed by atoms with Crippen LogP contribution >= 0.6 is 0 Å².